The second-order valence-electron chi connectivity index (χ2n) is 7.02. The molecule has 0 spiro atoms. The van der Waals surface area contributed by atoms with Gasteiger partial charge in [-0.3, -0.25) is 4.79 Å². The minimum absolute atomic E-state index is 0.0642. The fourth-order valence-corrected chi connectivity index (χ4v) is 3.91. The molecule has 1 aromatic heterocycles. The van der Waals surface area contributed by atoms with Crippen LogP contribution in [0.25, 0.3) is 11.3 Å². The largest absolute Gasteiger partial charge is 0.481 e. The van der Waals surface area contributed by atoms with Gasteiger partial charge in [0.05, 0.1) is 17.7 Å². The van der Waals surface area contributed by atoms with Crippen molar-refractivity contribution < 1.29 is 27.6 Å². The molecule has 0 aliphatic rings. The summed E-state index contributed by atoms with van der Waals surface area (Å²) in [5.41, 5.74) is 2.30. The molecule has 1 N–H and O–H groups in total. The fraction of sp³-hybridized carbons (Fsp3) is 0.273. The number of carbonyl (C=O) groups is 1. The average molecular weight is 435 g/mol. The Hall–Kier alpha value is -2.74. The fourth-order valence-electron chi connectivity index (χ4n) is 3.01. The number of thioether (sulfide) groups is 1. The van der Waals surface area contributed by atoms with Gasteiger partial charge in [0.2, 0.25) is 0 Å². The van der Waals surface area contributed by atoms with Crippen LogP contribution in [0.4, 0.5) is 13.2 Å². The highest BCUT2D eigenvalue weighted by atomic mass is 32.2. The van der Waals surface area contributed by atoms with Crippen LogP contribution in [0.3, 0.4) is 0 Å². The van der Waals surface area contributed by atoms with Gasteiger partial charge < -0.3 is 9.63 Å². The van der Waals surface area contributed by atoms with Crippen LogP contribution in [-0.4, -0.2) is 16.2 Å². The zero-order valence-electron chi connectivity index (χ0n) is 16.4. The summed E-state index contributed by atoms with van der Waals surface area (Å²) in [6, 6.07) is 12.5. The monoisotopic (exact) mass is 435 g/mol. The summed E-state index contributed by atoms with van der Waals surface area (Å²) < 4.78 is 43.6. The molecule has 0 unspecified atom stereocenters. The van der Waals surface area contributed by atoms with Gasteiger partial charge in [0.15, 0.2) is 5.76 Å². The number of hydrogen-bond donors (Lipinski definition) is 1. The first-order valence-electron chi connectivity index (χ1n) is 9.22. The molecule has 30 heavy (non-hydrogen) atoms. The lowest BCUT2D eigenvalue weighted by Crippen LogP contribution is -2.03. The van der Waals surface area contributed by atoms with E-state index in [-0.39, 0.29) is 12.3 Å². The number of alkyl halides is 3. The molecule has 0 saturated heterocycles. The molecule has 158 valence electrons. The van der Waals surface area contributed by atoms with Crippen molar-refractivity contribution in [3.63, 3.8) is 0 Å². The standard InChI is InChI=1S/C22H20F3NO3S/c1-13(11-20(27)28)15-5-9-18(10-6-15)30-12-19-14(2)21(29-26-19)16-3-7-17(8-4-16)22(23,24)25/h3-10,13H,11-12H2,1-2H3,(H,27,28)/t13-/m0/s1. The molecule has 0 radical (unpaired) electrons. The van der Waals surface area contributed by atoms with Crippen LogP contribution in [0.15, 0.2) is 57.9 Å². The number of halogens is 3. The Bertz CT molecular complexity index is 1010. The van der Waals surface area contributed by atoms with Crippen LogP contribution in [0.1, 0.15) is 41.6 Å². The summed E-state index contributed by atoms with van der Waals surface area (Å²) >= 11 is 1.55. The Morgan fingerprint density at radius 1 is 1.13 bits per heavy atom. The zero-order valence-corrected chi connectivity index (χ0v) is 17.2. The molecule has 3 aromatic rings. The van der Waals surface area contributed by atoms with Crippen LogP contribution < -0.4 is 0 Å². The van der Waals surface area contributed by atoms with E-state index in [0.717, 1.165) is 33.8 Å². The highest BCUT2D eigenvalue weighted by Gasteiger charge is 2.30. The van der Waals surface area contributed by atoms with Crippen LogP contribution in [0, 0.1) is 6.92 Å². The Morgan fingerprint density at radius 3 is 2.33 bits per heavy atom. The molecule has 0 aliphatic heterocycles. The van der Waals surface area contributed by atoms with E-state index in [0.29, 0.717) is 17.1 Å². The number of carboxylic acids is 1. The lowest BCUT2D eigenvalue weighted by atomic mass is 9.98. The van der Waals surface area contributed by atoms with Crippen LogP contribution in [0.2, 0.25) is 0 Å². The number of aromatic nitrogens is 1. The minimum atomic E-state index is -4.38. The van der Waals surface area contributed by atoms with Crippen molar-refractivity contribution in [1.29, 1.82) is 0 Å². The Labute approximate surface area is 176 Å². The minimum Gasteiger partial charge on any atom is -0.481 e. The average Bonchev–Trinajstić information content (AvgIpc) is 3.06. The summed E-state index contributed by atoms with van der Waals surface area (Å²) in [7, 11) is 0. The number of nitrogens with zero attached hydrogens (tertiary/aromatic N) is 1. The predicted octanol–water partition coefficient (Wildman–Crippen LogP) is 6.54. The van der Waals surface area contributed by atoms with Crippen LogP contribution in [-0.2, 0) is 16.7 Å². The molecule has 2 aromatic carbocycles. The summed E-state index contributed by atoms with van der Waals surface area (Å²) in [6.07, 6.45) is -4.30. The van der Waals surface area contributed by atoms with Gasteiger partial charge in [-0.15, -0.1) is 11.8 Å². The molecule has 1 heterocycles. The number of hydrogen-bond acceptors (Lipinski definition) is 4. The van der Waals surface area contributed by atoms with Crippen molar-refractivity contribution in [3.8, 4) is 11.3 Å². The second kappa shape index (κ2) is 8.95. The smallest absolute Gasteiger partial charge is 0.416 e. The van der Waals surface area contributed by atoms with Crippen molar-refractivity contribution in [2.24, 2.45) is 0 Å². The van der Waals surface area contributed by atoms with Gasteiger partial charge in [-0.2, -0.15) is 13.2 Å². The highest BCUT2D eigenvalue weighted by molar-refractivity contribution is 7.98. The Morgan fingerprint density at radius 2 is 1.77 bits per heavy atom. The van der Waals surface area contributed by atoms with Gasteiger partial charge in [0.25, 0.3) is 0 Å². The number of rotatable bonds is 7. The molecule has 8 heteroatoms. The SMILES string of the molecule is Cc1c(CSc2ccc([C@@H](C)CC(=O)O)cc2)noc1-c1ccc(C(F)(F)F)cc1. The third-order valence-corrected chi connectivity index (χ3v) is 5.82. The maximum Gasteiger partial charge on any atom is 0.416 e. The van der Waals surface area contributed by atoms with Gasteiger partial charge in [0.1, 0.15) is 0 Å². The molecular weight excluding hydrogens is 415 g/mol. The molecule has 0 fully saturated rings. The molecule has 4 nitrogen and oxygen atoms in total. The lowest BCUT2D eigenvalue weighted by Gasteiger charge is -2.09. The van der Waals surface area contributed by atoms with Crippen molar-refractivity contribution in [1.82, 2.24) is 5.16 Å². The molecule has 0 amide bonds. The number of benzene rings is 2. The van der Waals surface area contributed by atoms with Gasteiger partial charge in [0, 0.05) is 21.8 Å². The maximum atomic E-state index is 12.7. The van der Waals surface area contributed by atoms with Gasteiger partial charge >= 0.3 is 12.1 Å². The van der Waals surface area contributed by atoms with E-state index in [1.165, 1.54) is 12.1 Å². The molecule has 0 saturated carbocycles. The Balaban J connectivity index is 1.66. The summed E-state index contributed by atoms with van der Waals surface area (Å²) in [5.74, 6) is 0.106. The van der Waals surface area contributed by atoms with E-state index < -0.39 is 17.7 Å². The third-order valence-electron chi connectivity index (χ3n) is 4.80. The van der Waals surface area contributed by atoms with Crippen molar-refractivity contribution in [3.05, 3.63) is 70.9 Å². The van der Waals surface area contributed by atoms with E-state index in [4.69, 9.17) is 9.63 Å². The maximum absolute atomic E-state index is 12.7. The first-order valence-corrected chi connectivity index (χ1v) is 10.2. The van der Waals surface area contributed by atoms with Crippen molar-refractivity contribution in [2.45, 2.75) is 43.0 Å². The van der Waals surface area contributed by atoms with E-state index in [2.05, 4.69) is 5.16 Å². The molecule has 1 atom stereocenters. The quantitative estimate of drug-likeness (QED) is 0.427. The van der Waals surface area contributed by atoms with Crippen molar-refractivity contribution >= 4 is 17.7 Å². The molecule has 3 rings (SSSR count). The molecular formula is C22H20F3NO3S. The van der Waals surface area contributed by atoms with E-state index in [9.17, 15) is 18.0 Å². The van der Waals surface area contributed by atoms with Gasteiger partial charge in [-0.05, 0) is 42.7 Å². The van der Waals surface area contributed by atoms with Gasteiger partial charge in [-0.25, -0.2) is 0 Å². The van der Waals surface area contributed by atoms with Crippen molar-refractivity contribution in [2.75, 3.05) is 0 Å². The first-order chi connectivity index (χ1) is 14.1. The molecule has 0 bridgehead atoms. The van der Waals surface area contributed by atoms with Crippen LogP contribution >= 0.6 is 11.8 Å². The predicted molar refractivity (Wildman–Crippen MR) is 108 cm³/mol. The topological polar surface area (TPSA) is 63.3 Å². The number of aliphatic carboxylic acids is 1. The highest BCUT2D eigenvalue weighted by Crippen LogP contribution is 2.34. The van der Waals surface area contributed by atoms with E-state index >= 15 is 0 Å². The molecule has 0 aliphatic carbocycles. The van der Waals surface area contributed by atoms with Crippen LogP contribution in [0.5, 0.6) is 0 Å². The third kappa shape index (κ3) is 5.24. The lowest BCUT2D eigenvalue weighted by molar-refractivity contribution is -0.138. The number of carboxylic acid groups (broad SMARTS) is 1. The summed E-state index contributed by atoms with van der Waals surface area (Å²) in [4.78, 5) is 11.8. The summed E-state index contributed by atoms with van der Waals surface area (Å²) in [5, 5.41) is 13.0. The van der Waals surface area contributed by atoms with E-state index in [1.54, 1.807) is 11.8 Å². The van der Waals surface area contributed by atoms with E-state index in [1.807, 2.05) is 38.1 Å². The van der Waals surface area contributed by atoms with Gasteiger partial charge in [-0.1, -0.05) is 36.3 Å². The second-order valence-corrected chi connectivity index (χ2v) is 8.06. The first kappa shape index (κ1) is 22.0. The normalized spacial score (nSPS) is 12.7. The zero-order chi connectivity index (χ0) is 21.9. The summed E-state index contributed by atoms with van der Waals surface area (Å²) in [6.45, 7) is 3.70. The Kier molecular flexibility index (Phi) is 6.55.